The largest absolute Gasteiger partial charge is 0.480 e. The number of amides is 3. The number of urea groups is 1. The summed E-state index contributed by atoms with van der Waals surface area (Å²) in [4.78, 5) is 29.6. The van der Waals surface area contributed by atoms with E-state index < -0.39 is 18.0 Å². The van der Waals surface area contributed by atoms with Gasteiger partial charge in [0.05, 0.1) is 6.54 Å². The van der Waals surface area contributed by atoms with Gasteiger partial charge in [0.25, 0.3) is 0 Å². The van der Waals surface area contributed by atoms with E-state index in [1.165, 1.54) is 6.92 Å². The van der Waals surface area contributed by atoms with Gasteiger partial charge in [0, 0.05) is 0 Å². The molecule has 1 aliphatic rings. The number of carbonyl (C=O) groups excluding carboxylic acids is 2. The van der Waals surface area contributed by atoms with Gasteiger partial charge in [-0.1, -0.05) is 0 Å². The Hall–Kier alpha value is -1.63. The van der Waals surface area contributed by atoms with Gasteiger partial charge in [0.15, 0.2) is 0 Å². The fourth-order valence-corrected chi connectivity index (χ4v) is 0.376. The summed E-state index contributed by atoms with van der Waals surface area (Å²) >= 11 is 0. The summed E-state index contributed by atoms with van der Waals surface area (Å²) < 4.78 is 0. The number of hydrogen-bond donors (Lipinski definition) is 4. The Morgan fingerprint density at radius 1 is 1.62 bits per heavy atom. The Labute approximate surface area is 74.3 Å². The molecule has 1 heterocycles. The highest BCUT2D eigenvalue weighted by molar-refractivity contribution is 6.01. The van der Waals surface area contributed by atoms with Crippen molar-refractivity contribution in [2.24, 2.45) is 5.73 Å². The van der Waals surface area contributed by atoms with E-state index in [0.29, 0.717) is 0 Å². The van der Waals surface area contributed by atoms with Crippen LogP contribution in [0.3, 0.4) is 0 Å². The van der Waals surface area contributed by atoms with Crippen LogP contribution in [0.4, 0.5) is 4.79 Å². The first-order valence-electron chi connectivity index (χ1n) is 3.49. The number of hydrogen-bond acceptors (Lipinski definition) is 4. The van der Waals surface area contributed by atoms with Crippen molar-refractivity contribution in [2.75, 3.05) is 6.54 Å². The average Bonchev–Trinajstić information content (AvgIpc) is 2.35. The first-order valence-corrected chi connectivity index (χ1v) is 3.49. The quantitative estimate of drug-likeness (QED) is 0.364. The number of carboxylic acid groups (broad SMARTS) is 1. The van der Waals surface area contributed by atoms with E-state index in [1.807, 2.05) is 5.32 Å². The van der Waals surface area contributed by atoms with Crippen molar-refractivity contribution in [2.45, 2.75) is 13.0 Å². The fraction of sp³-hybridized carbons (Fsp3) is 0.500. The molecule has 1 rings (SSSR count). The zero-order chi connectivity index (χ0) is 10.4. The lowest BCUT2D eigenvalue weighted by atomic mass is 10.4. The fourth-order valence-electron chi connectivity index (χ4n) is 0.376. The molecule has 0 aromatic carbocycles. The summed E-state index contributed by atoms with van der Waals surface area (Å²) in [5, 5.41) is 12.2. The van der Waals surface area contributed by atoms with E-state index in [1.54, 1.807) is 0 Å². The Balaban J connectivity index is 0.000000226. The van der Waals surface area contributed by atoms with Crippen molar-refractivity contribution in [3.05, 3.63) is 0 Å². The van der Waals surface area contributed by atoms with Crippen LogP contribution in [0.1, 0.15) is 6.92 Å². The van der Waals surface area contributed by atoms with Crippen LogP contribution in [-0.4, -0.2) is 35.6 Å². The van der Waals surface area contributed by atoms with Gasteiger partial charge in [0.1, 0.15) is 6.04 Å². The Morgan fingerprint density at radius 3 is 2.15 bits per heavy atom. The molecule has 0 aromatic rings. The normalized spacial score (nSPS) is 16.5. The molecule has 7 nitrogen and oxygen atoms in total. The lowest BCUT2D eigenvalue weighted by Gasteiger charge is -1.90. The van der Waals surface area contributed by atoms with Crippen LogP contribution in [0, 0.1) is 0 Å². The van der Waals surface area contributed by atoms with Crippen molar-refractivity contribution < 1.29 is 19.5 Å². The second kappa shape index (κ2) is 5.09. The first-order chi connectivity index (χ1) is 5.93. The Bertz CT molecular complexity index is 212. The predicted molar refractivity (Wildman–Crippen MR) is 42.8 cm³/mol. The predicted octanol–water partition coefficient (Wildman–Crippen LogP) is -1.76. The van der Waals surface area contributed by atoms with Crippen LogP contribution < -0.4 is 16.4 Å². The maximum Gasteiger partial charge on any atom is 0.321 e. The molecular formula is C6H11N3O4. The highest BCUT2D eigenvalue weighted by Gasteiger charge is 2.14. The minimum absolute atomic E-state index is 0.124. The van der Waals surface area contributed by atoms with Crippen LogP contribution in [0.2, 0.25) is 0 Å². The Kier molecular flexibility index (Phi) is 4.45. The molecular weight excluding hydrogens is 178 g/mol. The van der Waals surface area contributed by atoms with E-state index in [-0.39, 0.29) is 12.5 Å². The zero-order valence-electron chi connectivity index (χ0n) is 7.03. The lowest BCUT2D eigenvalue weighted by molar-refractivity contribution is -0.138. The van der Waals surface area contributed by atoms with Crippen LogP contribution >= 0.6 is 0 Å². The maximum absolute atomic E-state index is 10.1. The van der Waals surface area contributed by atoms with Crippen LogP contribution in [0.5, 0.6) is 0 Å². The standard InChI is InChI=1S/C3H4N2O2.C3H7NO2/c6-2-1-4-3(7)5-2;1-2(4)3(5)6/h1H2,(H2,4,5,6,7);2H,4H2,1H3,(H,5,6)/t;2-/m.0/s1. The second-order valence-electron chi connectivity index (χ2n) is 2.36. The third-order valence-electron chi connectivity index (χ3n) is 1.05. The molecule has 0 bridgehead atoms. The molecule has 5 N–H and O–H groups in total. The van der Waals surface area contributed by atoms with Crippen molar-refractivity contribution in [3.63, 3.8) is 0 Å². The molecule has 1 atom stereocenters. The van der Waals surface area contributed by atoms with Gasteiger partial charge < -0.3 is 16.2 Å². The van der Waals surface area contributed by atoms with E-state index in [9.17, 15) is 14.4 Å². The number of carboxylic acids is 1. The molecule has 0 saturated carbocycles. The van der Waals surface area contributed by atoms with Gasteiger partial charge in [-0.05, 0) is 6.92 Å². The third kappa shape index (κ3) is 5.62. The number of imide groups is 1. The molecule has 1 saturated heterocycles. The summed E-state index contributed by atoms with van der Waals surface area (Å²) in [6, 6.07) is -1.13. The number of nitrogens with one attached hydrogen (secondary N) is 2. The number of carbonyl (C=O) groups is 3. The summed E-state index contributed by atoms with van der Waals surface area (Å²) in [6.45, 7) is 1.54. The van der Waals surface area contributed by atoms with Crippen LogP contribution in [0.15, 0.2) is 0 Å². The van der Waals surface area contributed by atoms with Gasteiger partial charge in [-0.3, -0.25) is 14.9 Å². The van der Waals surface area contributed by atoms with Crippen molar-refractivity contribution >= 4 is 17.9 Å². The van der Waals surface area contributed by atoms with Crippen molar-refractivity contribution in [3.8, 4) is 0 Å². The van der Waals surface area contributed by atoms with Gasteiger partial charge in [-0.2, -0.15) is 0 Å². The molecule has 0 spiro atoms. The average molecular weight is 189 g/mol. The number of rotatable bonds is 1. The second-order valence-corrected chi connectivity index (χ2v) is 2.36. The highest BCUT2D eigenvalue weighted by Crippen LogP contribution is 1.73. The summed E-state index contributed by atoms with van der Waals surface area (Å²) in [5.74, 6) is -1.22. The van der Waals surface area contributed by atoms with E-state index in [2.05, 4.69) is 5.32 Å². The molecule has 0 unspecified atom stereocenters. The molecule has 1 fully saturated rings. The van der Waals surface area contributed by atoms with Gasteiger partial charge >= 0.3 is 12.0 Å². The molecule has 1 aliphatic heterocycles. The first kappa shape index (κ1) is 11.4. The van der Waals surface area contributed by atoms with Crippen LogP contribution in [-0.2, 0) is 9.59 Å². The highest BCUT2D eigenvalue weighted by atomic mass is 16.4. The number of nitrogens with two attached hydrogens (primary N) is 1. The monoisotopic (exact) mass is 189 g/mol. The van der Waals surface area contributed by atoms with Crippen molar-refractivity contribution in [1.29, 1.82) is 0 Å². The summed E-state index contributed by atoms with van der Waals surface area (Å²) in [5.41, 5.74) is 4.84. The van der Waals surface area contributed by atoms with Gasteiger partial charge in [-0.25, -0.2) is 4.79 Å². The van der Waals surface area contributed by atoms with Crippen LogP contribution in [0.25, 0.3) is 0 Å². The lowest BCUT2D eigenvalue weighted by Crippen LogP contribution is -2.25. The molecule has 7 heteroatoms. The third-order valence-corrected chi connectivity index (χ3v) is 1.05. The van der Waals surface area contributed by atoms with E-state index >= 15 is 0 Å². The molecule has 0 radical (unpaired) electrons. The smallest absolute Gasteiger partial charge is 0.321 e. The molecule has 3 amide bonds. The maximum atomic E-state index is 10.1. The number of aliphatic carboxylic acids is 1. The van der Waals surface area contributed by atoms with Gasteiger partial charge in [0.2, 0.25) is 5.91 Å². The Morgan fingerprint density at radius 2 is 2.08 bits per heavy atom. The topological polar surface area (TPSA) is 122 Å². The minimum Gasteiger partial charge on any atom is -0.480 e. The summed E-state index contributed by atoms with van der Waals surface area (Å²) in [7, 11) is 0. The van der Waals surface area contributed by atoms with Crippen molar-refractivity contribution in [1.82, 2.24) is 10.6 Å². The zero-order valence-corrected chi connectivity index (χ0v) is 7.03. The van der Waals surface area contributed by atoms with E-state index in [0.717, 1.165) is 0 Å². The molecule has 0 aliphatic carbocycles. The van der Waals surface area contributed by atoms with Gasteiger partial charge in [-0.15, -0.1) is 0 Å². The molecule has 0 aromatic heterocycles. The molecule has 13 heavy (non-hydrogen) atoms. The minimum atomic E-state index is -0.963. The summed E-state index contributed by atoms with van der Waals surface area (Å²) in [6.07, 6.45) is 0. The molecule has 74 valence electrons. The van der Waals surface area contributed by atoms with E-state index in [4.69, 9.17) is 10.8 Å². The SMILES string of the molecule is C[C@H](N)C(=O)O.O=C1CNC(=O)N1.